The Bertz CT molecular complexity index is 644. The van der Waals surface area contributed by atoms with Gasteiger partial charge in [-0.3, -0.25) is 4.79 Å². The Morgan fingerprint density at radius 2 is 1.92 bits per heavy atom. The molecule has 1 saturated heterocycles. The van der Waals surface area contributed by atoms with Crippen LogP contribution >= 0.6 is 0 Å². The van der Waals surface area contributed by atoms with Gasteiger partial charge in [-0.15, -0.1) is 0 Å². The first-order chi connectivity index (χ1) is 12.6. The first kappa shape index (κ1) is 18.0. The maximum atomic E-state index is 13.3. The highest BCUT2D eigenvalue weighted by atomic mass is 16.3. The summed E-state index contributed by atoms with van der Waals surface area (Å²) in [5.41, 5.74) is 5.57. The van der Waals surface area contributed by atoms with Crippen LogP contribution in [0.15, 0.2) is 30.3 Å². The van der Waals surface area contributed by atoms with Gasteiger partial charge in [-0.1, -0.05) is 56.0 Å². The van der Waals surface area contributed by atoms with Crippen LogP contribution in [0.25, 0.3) is 0 Å². The second-order valence-electron chi connectivity index (χ2n) is 8.54. The maximum Gasteiger partial charge on any atom is 0.258 e. The van der Waals surface area contributed by atoms with E-state index in [1.165, 1.54) is 12.8 Å². The molecule has 1 amide bonds. The fourth-order valence-corrected chi connectivity index (χ4v) is 5.20. The largest absolute Gasteiger partial charge is 0.375 e. The first-order valence-corrected chi connectivity index (χ1v) is 10.1. The molecule has 4 rings (SSSR count). The highest BCUT2D eigenvalue weighted by molar-refractivity contribution is 5.87. The van der Waals surface area contributed by atoms with Gasteiger partial charge >= 0.3 is 0 Å². The molecule has 1 aromatic carbocycles. The van der Waals surface area contributed by atoms with E-state index in [9.17, 15) is 9.90 Å². The Morgan fingerprint density at radius 1 is 1.23 bits per heavy atom. The van der Waals surface area contributed by atoms with Crippen LogP contribution < -0.4 is 16.4 Å². The van der Waals surface area contributed by atoms with Crippen molar-refractivity contribution < 1.29 is 9.90 Å². The average molecular weight is 357 g/mol. The number of hydrogen-bond acceptors (Lipinski definition) is 4. The number of hydrogen-bond donors (Lipinski definition) is 4. The monoisotopic (exact) mass is 357 g/mol. The number of nitrogens with one attached hydrogen (secondary N) is 2. The molecule has 1 aliphatic heterocycles. The molecule has 2 saturated carbocycles. The number of aliphatic hydroxyl groups is 1. The Kier molecular flexibility index (Phi) is 4.80. The molecular formula is C21H31N3O2. The SMILES string of the molecule is NC(NC(=O)C(O)(c1ccccc1)C1CCCCCC1)C12CNCC1C2. The standard InChI is InChI=1S/C21H31N3O2/c22-18(20-12-17(20)13-23-14-20)24-19(25)21(26,16-10-6-3-7-11-16)15-8-4-1-2-5-9-15/h3,6-7,10-11,15,17-18,23,26H,1-2,4-5,8-9,12-14,22H2,(H,24,25). The summed E-state index contributed by atoms with van der Waals surface area (Å²) in [6, 6.07) is 9.43. The van der Waals surface area contributed by atoms with E-state index >= 15 is 0 Å². The van der Waals surface area contributed by atoms with E-state index in [0.29, 0.717) is 11.5 Å². The van der Waals surface area contributed by atoms with Crippen molar-refractivity contribution >= 4 is 5.91 Å². The van der Waals surface area contributed by atoms with Gasteiger partial charge in [0.1, 0.15) is 0 Å². The molecule has 1 aromatic rings. The molecule has 5 N–H and O–H groups in total. The summed E-state index contributed by atoms with van der Waals surface area (Å²) >= 11 is 0. The molecule has 1 heterocycles. The minimum atomic E-state index is -1.50. The number of carbonyl (C=O) groups excluding carboxylic acids is 1. The molecular weight excluding hydrogens is 326 g/mol. The number of fused-ring (bicyclic) bond motifs is 1. The number of rotatable bonds is 5. The third kappa shape index (κ3) is 2.96. The fraction of sp³-hybridized carbons (Fsp3) is 0.667. The topological polar surface area (TPSA) is 87.4 Å². The molecule has 2 aliphatic carbocycles. The minimum absolute atomic E-state index is 0.0172. The van der Waals surface area contributed by atoms with Gasteiger partial charge in [0.15, 0.2) is 5.60 Å². The third-order valence-corrected chi connectivity index (χ3v) is 7.04. The summed E-state index contributed by atoms with van der Waals surface area (Å²) in [4.78, 5) is 13.3. The van der Waals surface area contributed by atoms with Crippen LogP contribution in [-0.4, -0.2) is 30.3 Å². The van der Waals surface area contributed by atoms with Crippen molar-refractivity contribution in [2.75, 3.05) is 13.1 Å². The lowest BCUT2D eigenvalue weighted by atomic mass is 9.76. The van der Waals surface area contributed by atoms with Crippen LogP contribution in [0.5, 0.6) is 0 Å². The maximum absolute atomic E-state index is 13.3. The molecule has 0 aromatic heterocycles. The summed E-state index contributed by atoms with van der Waals surface area (Å²) in [5.74, 6) is 0.171. The Morgan fingerprint density at radius 3 is 2.50 bits per heavy atom. The second kappa shape index (κ2) is 6.95. The molecule has 0 radical (unpaired) electrons. The first-order valence-electron chi connectivity index (χ1n) is 10.1. The molecule has 0 spiro atoms. The lowest BCUT2D eigenvalue weighted by Crippen LogP contribution is -2.58. The van der Waals surface area contributed by atoms with E-state index < -0.39 is 11.8 Å². The van der Waals surface area contributed by atoms with Crippen LogP contribution in [0.1, 0.15) is 50.5 Å². The average Bonchev–Trinajstić information content (AvgIpc) is 3.34. The zero-order valence-electron chi connectivity index (χ0n) is 15.4. The van der Waals surface area contributed by atoms with Gasteiger partial charge in [0, 0.05) is 17.9 Å². The van der Waals surface area contributed by atoms with Gasteiger partial charge in [0.05, 0.1) is 6.17 Å². The molecule has 3 aliphatic rings. The van der Waals surface area contributed by atoms with E-state index in [0.717, 1.165) is 45.2 Å². The molecule has 0 bridgehead atoms. The van der Waals surface area contributed by atoms with Crippen LogP contribution in [0.3, 0.4) is 0 Å². The van der Waals surface area contributed by atoms with Crippen LogP contribution in [0.2, 0.25) is 0 Å². The molecule has 5 nitrogen and oxygen atoms in total. The predicted molar refractivity (Wildman–Crippen MR) is 101 cm³/mol. The summed E-state index contributed by atoms with van der Waals surface area (Å²) in [5, 5.41) is 18.1. The Balaban J connectivity index is 1.58. The zero-order valence-corrected chi connectivity index (χ0v) is 15.4. The van der Waals surface area contributed by atoms with Crippen LogP contribution in [-0.2, 0) is 10.4 Å². The van der Waals surface area contributed by atoms with E-state index in [1.54, 1.807) is 0 Å². The highest BCUT2D eigenvalue weighted by Gasteiger charge is 2.61. The normalized spacial score (nSPS) is 32.2. The summed E-state index contributed by atoms with van der Waals surface area (Å²) in [6.07, 6.45) is 6.90. The van der Waals surface area contributed by atoms with Crippen molar-refractivity contribution in [2.24, 2.45) is 23.0 Å². The lowest BCUT2D eigenvalue weighted by molar-refractivity contribution is -0.149. The molecule has 26 heavy (non-hydrogen) atoms. The number of piperidine rings is 1. The zero-order chi connectivity index (χ0) is 18.2. The van der Waals surface area contributed by atoms with Crippen molar-refractivity contribution in [3.63, 3.8) is 0 Å². The minimum Gasteiger partial charge on any atom is -0.375 e. The van der Waals surface area contributed by atoms with Crippen molar-refractivity contribution in [2.45, 2.75) is 56.7 Å². The summed E-state index contributed by atoms with van der Waals surface area (Å²) < 4.78 is 0. The fourth-order valence-electron chi connectivity index (χ4n) is 5.20. The molecule has 142 valence electrons. The van der Waals surface area contributed by atoms with E-state index in [-0.39, 0.29) is 17.2 Å². The van der Waals surface area contributed by atoms with Gasteiger partial charge < -0.3 is 21.5 Å². The van der Waals surface area contributed by atoms with Gasteiger partial charge in [-0.2, -0.15) is 0 Å². The van der Waals surface area contributed by atoms with Crippen molar-refractivity contribution in [1.29, 1.82) is 0 Å². The summed E-state index contributed by atoms with van der Waals surface area (Å²) in [7, 11) is 0. The van der Waals surface area contributed by atoms with Gasteiger partial charge in [0.2, 0.25) is 0 Å². The predicted octanol–water partition coefficient (Wildman–Crippen LogP) is 1.86. The van der Waals surface area contributed by atoms with E-state index in [2.05, 4.69) is 10.6 Å². The Hall–Kier alpha value is -1.43. The van der Waals surface area contributed by atoms with Crippen molar-refractivity contribution in [3.8, 4) is 0 Å². The molecule has 4 atom stereocenters. The second-order valence-corrected chi connectivity index (χ2v) is 8.54. The molecule has 3 fully saturated rings. The lowest BCUT2D eigenvalue weighted by Gasteiger charge is -2.37. The smallest absolute Gasteiger partial charge is 0.258 e. The third-order valence-electron chi connectivity index (χ3n) is 7.04. The number of nitrogens with two attached hydrogens (primary N) is 1. The van der Waals surface area contributed by atoms with Crippen molar-refractivity contribution in [1.82, 2.24) is 10.6 Å². The van der Waals surface area contributed by atoms with Crippen LogP contribution in [0, 0.1) is 17.3 Å². The molecule has 4 unspecified atom stereocenters. The van der Waals surface area contributed by atoms with E-state index in [4.69, 9.17) is 5.73 Å². The Labute approximate surface area is 155 Å². The highest BCUT2D eigenvalue weighted by Crippen LogP contribution is 2.56. The van der Waals surface area contributed by atoms with Crippen molar-refractivity contribution in [3.05, 3.63) is 35.9 Å². The van der Waals surface area contributed by atoms with Gasteiger partial charge in [-0.25, -0.2) is 0 Å². The number of amides is 1. The van der Waals surface area contributed by atoms with Gasteiger partial charge in [-0.05, 0) is 37.3 Å². The van der Waals surface area contributed by atoms with Crippen LogP contribution in [0.4, 0.5) is 0 Å². The molecule has 5 heteroatoms. The van der Waals surface area contributed by atoms with E-state index in [1.807, 2.05) is 30.3 Å². The van der Waals surface area contributed by atoms with Gasteiger partial charge in [0.25, 0.3) is 5.91 Å². The number of benzene rings is 1. The quantitative estimate of drug-likeness (QED) is 0.478. The number of carbonyl (C=O) groups is 1. The summed E-state index contributed by atoms with van der Waals surface area (Å²) in [6.45, 7) is 1.83.